The van der Waals surface area contributed by atoms with Crippen LogP contribution in [0.25, 0.3) is 22.8 Å². The van der Waals surface area contributed by atoms with Crippen LogP contribution in [-0.2, 0) is 0 Å². The van der Waals surface area contributed by atoms with E-state index < -0.39 is 0 Å². The van der Waals surface area contributed by atoms with E-state index in [0.717, 1.165) is 28.1 Å². The Hall–Kier alpha value is -2.33. The summed E-state index contributed by atoms with van der Waals surface area (Å²) in [5, 5.41) is 0. The van der Waals surface area contributed by atoms with Crippen LogP contribution in [0.4, 0.5) is 0 Å². The molecule has 0 spiro atoms. The monoisotopic (exact) mass is 293 g/mol. The fraction of sp³-hybridized carbons (Fsp3) is 0.118. The fourth-order valence-electron chi connectivity index (χ4n) is 2.27. The molecule has 2 aromatic heterocycles. The van der Waals surface area contributed by atoms with Gasteiger partial charge < -0.3 is 4.98 Å². The fourth-order valence-corrected chi connectivity index (χ4v) is 2.47. The van der Waals surface area contributed by atoms with Crippen LogP contribution in [0, 0.1) is 18.5 Å². The van der Waals surface area contributed by atoms with Crippen LogP contribution in [0.2, 0.25) is 0 Å². The van der Waals surface area contributed by atoms with Crippen LogP contribution in [0.15, 0.2) is 48.7 Å². The van der Waals surface area contributed by atoms with Crippen molar-refractivity contribution in [3.05, 3.63) is 64.4 Å². The molecular weight excluding hydrogens is 278 g/mol. The van der Waals surface area contributed by atoms with E-state index in [9.17, 15) is 0 Å². The molecule has 1 N–H and O–H groups in total. The maximum atomic E-state index is 5.41. The Morgan fingerprint density at radius 1 is 1.00 bits per heavy atom. The summed E-state index contributed by atoms with van der Waals surface area (Å²) < 4.78 is 0.604. The number of aromatic amines is 1. The van der Waals surface area contributed by atoms with Gasteiger partial charge in [0, 0.05) is 11.8 Å². The second kappa shape index (κ2) is 5.58. The topological polar surface area (TPSA) is 41.6 Å². The Morgan fingerprint density at radius 2 is 1.76 bits per heavy atom. The van der Waals surface area contributed by atoms with Gasteiger partial charge in [-0.15, -0.1) is 0 Å². The highest BCUT2D eigenvalue weighted by molar-refractivity contribution is 7.71. The number of hydrogen-bond donors (Lipinski definition) is 1. The molecule has 3 rings (SSSR count). The summed E-state index contributed by atoms with van der Waals surface area (Å²) in [7, 11) is 0. The second-order valence-corrected chi connectivity index (χ2v) is 5.31. The van der Waals surface area contributed by atoms with Crippen LogP contribution < -0.4 is 0 Å². The van der Waals surface area contributed by atoms with Crippen molar-refractivity contribution in [2.24, 2.45) is 0 Å². The highest BCUT2D eigenvalue weighted by Crippen LogP contribution is 2.25. The number of benzene rings is 1. The number of nitrogens with zero attached hydrogens (tertiary/aromatic N) is 2. The minimum absolute atomic E-state index is 0.604. The molecule has 1 aromatic carbocycles. The molecule has 2 heterocycles. The van der Waals surface area contributed by atoms with E-state index in [0.29, 0.717) is 10.5 Å². The second-order valence-electron chi connectivity index (χ2n) is 4.93. The lowest BCUT2D eigenvalue weighted by molar-refractivity contribution is 1.09. The molecular formula is C17H15N3S. The van der Waals surface area contributed by atoms with Gasteiger partial charge >= 0.3 is 0 Å². The zero-order valence-electron chi connectivity index (χ0n) is 11.9. The Labute approximate surface area is 128 Å². The van der Waals surface area contributed by atoms with Gasteiger partial charge in [0.05, 0.1) is 5.69 Å². The average Bonchev–Trinajstić information content (AvgIpc) is 2.51. The predicted molar refractivity (Wildman–Crippen MR) is 87.6 cm³/mol. The third kappa shape index (κ3) is 2.62. The van der Waals surface area contributed by atoms with E-state index in [2.05, 4.69) is 27.1 Å². The Balaban J connectivity index is 2.24. The number of H-pyrrole nitrogens is 1. The lowest BCUT2D eigenvalue weighted by Crippen LogP contribution is -1.99. The molecule has 0 aliphatic heterocycles. The van der Waals surface area contributed by atoms with Crippen LogP contribution in [0.1, 0.15) is 11.1 Å². The average molecular weight is 293 g/mol. The molecule has 4 heteroatoms. The summed E-state index contributed by atoms with van der Waals surface area (Å²) in [4.78, 5) is 12.3. The van der Waals surface area contributed by atoms with E-state index in [1.165, 1.54) is 0 Å². The normalized spacial score (nSPS) is 10.6. The quantitative estimate of drug-likeness (QED) is 0.708. The zero-order valence-corrected chi connectivity index (χ0v) is 12.7. The maximum Gasteiger partial charge on any atom is 0.158 e. The number of aromatic nitrogens is 3. The molecule has 3 aromatic rings. The lowest BCUT2D eigenvalue weighted by Gasteiger charge is -2.10. The van der Waals surface area contributed by atoms with Gasteiger partial charge in [0.2, 0.25) is 0 Å². The Bertz CT molecular complexity index is 838. The van der Waals surface area contributed by atoms with E-state index in [1.807, 2.05) is 44.2 Å². The summed E-state index contributed by atoms with van der Waals surface area (Å²) in [6.07, 6.45) is 1.77. The van der Waals surface area contributed by atoms with Crippen molar-refractivity contribution in [2.75, 3.05) is 0 Å². The van der Waals surface area contributed by atoms with Crippen LogP contribution in [0.3, 0.4) is 0 Å². The molecule has 0 saturated carbocycles. The SMILES string of the molecule is Cc1cccnc1-c1nc(=S)c(C)c(-c2ccccc2)[nH]1. The summed E-state index contributed by atoms with van der Waals surface area (Å²) in [5.41, 5.74) is 4.97. The highest BCUT2D eigenvalue weighted by Gasteiger charge is 2.10. The first-order chi connectivity index (χ1) is 10.2. The van der Waals surface area contributed by atoms with Crippen LogP contribution >= 0.6 is 12.2 Å². The molecule has 0 aliphatic rings. The first kappa shape index (κ1) is 13.6. The third-order valence-corrected chi connectivity index (χ3v) is 3.85. The Morgan fingerprint density at radius 3 is 2.48 bits per heavy atom. The summed E-state index contributed by atoms with van der Waals surface area (Å²) in [6.45, 7) is 4.01. The standard InChI is InChI=1S/C17H15N3S/c1-11-7-6-10-18-14(11)16-19-15(12(2)17(21)20-16)13-8-4-3-5-9-13/h3-10H,1-2H3,(H,19,20,21). The van der Waals surface area contributed by atoms with E-state index >= 15 is 0 Å². The van der Waals surface area contributed by atoms with Crippen molar-refractivity contribution in [3.63, 3.8) is 0 Å². The lowest BCUT2D eigenvalue weighted by atomic mass is 10.1. The maximum absolute atomic E-state index is 5.41. The first-order valence-electron chi connectivity index (χ1n) is 6.75. The van der Waals surface area contributed by atoms with Gasteiger partial charge in [-0.25, -0.2) is 4.98 Å². The summed E-state index contributed by atoms with van der Waals surface area (Å²) >= 11 is 5.41. The van der Waals surface area contributed by atoms with Crippen molar-refractivity contribution in [1.29, 1.82) is 0 Å². The van der Waals surface area contributed by atoms with Crippen LogP contribution in [0.5, 0.6) is 0 Å². The number of rotatable bonds is 2. The number of nitrogens with one attached hydrogen (secondary N) is 1. The smallest absolute Gasteiger partial charge is 0.158 e. The molecule has 3 nitrogen and oxygen atoms in total. The minimum atomic E-state index is 0.604. The van der Waals surface area contributed by atoms with Crippen molar-refractivity contribution in [2.45, 2.75) is 13.8 Å². The molecule has 104 valence electrons. The van der Waals surface area contributed by atoms with E-state index in [-0.39, 0.29) is 0 Å². The van der Waals surface area contributed by atoms with Gasteiger partial charge in [0.25, 0.3) is 0 Å². The molecule has 0 amide bonds. The molecule has 0 unspecified atom stereocenters. The van der Waals surface area contributed by atoms with Gasteiger partial charge in [-0.3, -0.25) is 4.98 Å². The minimum Gasteiger partial charge on any atom is -0.338 e. The predicted octanol–water partition coefficient (Wildman–Crippen LogP) is 4.49. The molecule has 0 atom stereocenters. The Kier molecular flexibility index (Phi) is 3.62. The van der Waals surface area contributed by atoms with Gasteiger partial charge in [-0.1, -0.05) is 48.6 Å². The molecule has 0 bridgehead atoms. The largest absolute Gasteiger partial charge is 0.338 e. The zero-order chi connectivity index (χ0) is 14.8. The first-order valence-corrected chi connectivity index (χ1v) is 7.16. The molecule has 0 aliphatic carbocycles. The summed E-state index contributed by atoms with van der Waals surface area (Å²) in [5.74, 6) is 0.711. The van der Waals surface area contributed by atoms with Crippen molar-refractivity contribution < 1.29 is 0 Å². The molecule has 0 saturated heterocycles. The molecule has 0 radical (unpaired) electrons. The van der Waals surface area contributed by atoms with E-state index in [1.54, 1.807) is 6.20 Å². The number of pyridine rings is 1. The van der Waals surface area contributed by atoms with Gasteiger partial charge in [0.1, 0.15) is 10.3 Å². The highest BCUT2D eigenvalue weighted by atomic mass is 32.1. The van der Waals surface area contributed by atoms with Gasteiger partial charge in [0.15, 0.2) is 5.82 Å². The third-order valence-electron chi connectivity index (χ3n) is 3.45. The van der Waals surface area contributed by atoms with Gasteiger partial charge in [-0.2, -0.15) is 0 Å². The van der Waals surface area contributed by atoms with Crippen molar-refractivity contribution in [3.8, 4) is 22.8 Å². The van der Waals surface area contributed by atoms with Crippen molar-refractivity contribution in [1.82, 2.24) is 15.0 Å². The number of hydrogen-bond acceptors (Lipinski definition) is 3. The number of aryl methyl sites for hydroxylation is 1. The molecule has 0 fully saturated rings. The van der Waals surface area contributed by atoms with Crippen LogP contribution in [-0.4, -0.2) is 15.0 Å². The van der Waals surface area contributed by atoms with Gasteiger partial charge in [-0.05, 0) is 31.0 Å². The van der Waals surface area contributed by atoms with Crippen molar-refractivity contribution >= 4 is 12.2 Å². The molecule has 21 heavy (non-hydrogen) atoms. The van der Waals surface area contributed by atoms with E-state index in [4.69, 9.17) is 12.2 Å². The summed E-state index contributed by atoms with van der Waals surface area (Å²) in [6, 6.07) is 14.1.